The van der Waals surface area contributed by atoms with E-state index >= 15 is 22.0 Å². The van der Waals surface area contributed by atoms with Crippen molar-refractivity contribution in [2.75, 3.05) is 6.61 Å². The molecule has 0 saturated heterocycles. The Kier molecular flexibility index (Phi) is 9.53. The highest BCUT2D eigenvalue weighted by Gasteiger charge is 2.46. The van der Waals surface area contributed by atoms with Gasteiger partial charge in [-0.1, -0.05) is 32.1 Å². The Hall–Kier alpha value is -3.28. The lowest BCUT2D eigenvalue weighted by Gasteiger charge is -2.35. The molecule has 1 heterocycles. The van der Waals surface area contributed by atoms with Crippen LogP contribution in [-0.4, -0.2) is 12.7 Å². The lowest BCUT2D eigenvalue weighted by atomic mass is 9.79. The second kappa shape index (κ2) is 13.2. The van der Waals surface area contributed by atoms with Gasteiger partial charge in [0, 0.05) is 24.0 Å². The van der Waals surface area contributed by atoms with Crippen molar-refractivity contribution in [3.8, 4) is 34.7 Å². The van der Waals surface area contributed by atoms with Gasteiger partial charge in [0.05, 0.1) is 18.3 Å². The largest absolute Gasteiger partial charge is 0.498 e. The topological polar surface area (TPSA) is 27.7 Å². The zero-order valence-electron chi connectivity index (χ0n) is 24.4. The molecule has 1 aliphatic heterocycles. The van der Waals surface area contributed by atoms with E-state index in [1.165, 1.54) is 32.3 Å². The van der Waals surface area contributed by atoms with E-state index in [2.05, 4.69) is 25.0 Å². The Bertz CT molecular complexity index is 1430. The van der Waals surface area contributed by atoms with Gasteiger partial charge in [0.25, 0.3) is 0 Å². The fraction of sp³-hybridized carbons (Fsp3) is 0.529. The molecule has 0 bridgehead atoms. The Morgan fingerprint density at radius 2 is 1.51 bits per heavy atom. The summed E-state index contributed by atoms with van der Waals surface area (Å²) < 4.78 is 107. The number of aryl methyl sites for hydroxylation is 2. The van der Waals surface area contributed by atoms with E-state index in [0.29, 0.717) is 25.4 Å². The molecule has 0 radical (unpaired) electrons. The maximum Gasteiger partial charge on any atom is 0.400 e. The van der Waals surface area contributed by atoms with Crippen molar-refractivity contribution in [2.45, 2.75) is 90.6 Å². The molecular weight excluding hydrogens is 570 g/mol. The first kappa shape index (κ1) is 31.2. The third-order valence-electron chi connectivity index (χ3n) is 8.89. The molecule has 2 aromatic rings. The van der Waals surface area contributed by atoms with Crippen LogP contribution in [-0.2, 0) is 17.6 Å². The predicted molar refractivity (Wildman–Crippen MR) is 151 cm³/mol. The Morgan fingerprint density at radius 1 is 0.884 bits per heavy atom. The zero-order valence-corrected chi connectivity index (χ0v) is 24.4. The van der Waals surface area contributed by atoms with E-state index in [1.54, 1.807) is 0 Å². The van der Waals surface area contributed by atoms with Crippen molar-refractivity contribution in [1.29, 1.82) is 0 Å². The van der Waals surface area contributed by atoms with Crippen LogP contribution in [0.15, 0.2) is 24.0 Å². The average Bonchev–Trinajstić information content (AvgIpc) is 3.01. The van der Waals surface area contributed by atoms with Crippen LogP contribution in [0.1, 0.15) is 82.8 Å². The molecule has 0 aromatic heterocycles. The second-order valence-electron chi connectivity index (χ2n) is 11.8. The number of hydrogen-bond acceptors (Lipinski definition) is 3. The fourth-order valence-corrected chi connectivity index (χ4v) is 6.50. The molecule has 1 unspecified atom stereocenters. The van der Waals surface area contributed by atoms with Gasteiger partial charge in [-0.25, -0.2) is 8.78 Å². The third kappa shape index (κ3) is 6.49. The van der Waals surface area contributed by atoms with Crippen LogP contribution in [0.5, 0.6) is 11.5 Å². The molecule has 1 fully saturated rings. The molecule has 0 amide bonds. The van der Waals surface area contributed by atoms with Crippen molar-refractivity contribution >= 4 is 0 Å². The molecule has 3 nitrogen and oxygen atoms in total. The summed E-state index contributed by atoms with van der Waals surface area (Å²) in [5.41, 5.74) is -0.726. The maximum atomic E-state index is 15.4. The van der Waals surface area contributed by atoms with Crippen LogP contribution in [0.4, 0.5) is 26.3 Å². The molecule has 0 N–H and O–H groups in total. The van der Waals surface area contributed by atoms with Crippen molar-refractivity contribution in [1.82, 2.24) is 0 Å². The van der Waals surface area contributed by atoms with E-state index in [1.807, 2.05) is 0 Å². The Morgan fingerprint density at radius 3 is 2.09 bits per heavy atom. The number of benzene rings is 2. The van der Waals surface area contributed by atoms with Crippen LogP contribution in [0.2, 0.25) is 0 Å². The number of hydrogen-bond donors (Lipinski definition) is 0. The van der Waals surface area contributed by atoms with Gasteiger partial charge < -0.3 is 14.2 Å². The van der Waals surface area contributed by atoms with Gasteiger partial charge in [0.15, 0.2) is 23.1 Å². The summed E-state index contributed by atoms with van der Waals surface area (Å²) in [6, 6.07) is 2.16. The quantitative estimate of drug-likeness (QED) is 0.162. The summed E-state index contributed by atoms with van der Waals surface area (Å²) in [4.78, 5) is 0. The van der Waals surface area contributed by atoms with Crippen LogP contribution < -0.4 is 9.47 Å². The van der Waals surface area contributed by atoms with Gasteiger partial charge in [-0.15, -0.1) is 0 Å². The minimum atomic E-state index is -3.75. The molecule has 43 heavy (non-hydrogen) atoms. The average molecular weight is 607 g/mol. The molecule has 5 rings (SSSR count). The van der Waals surface area contributed by atoms with Crippen molar-refractivity contribution < 1.29 is 40.6 Å². The number of halogens is 6. The summed E-state index contributed by atoms with van der Waals surface area (Å²) in [6.07, 6.45) is 7.56. The summed E-state index contributed by atoms with van der Waals surface area (Å²) in [5.74, 6) is -4.87. The minimum absolute atomic E-state index is 0.0515. The standard InChI is InChI=1S/C34H36F6O3/c1-3-5-6-7-20-8-15-25(42-19-20)21-11-13-24(14-12-21)34(39,40)43-27-18-23-10-9-22-17-26(41-16-4-2)30(35)32(37)28(22)29(23)33(38)31(27)36/h15,17-18,20-21,24H,3,5-14,19H2,1-2H3. The van der Waals surface area contributed by atoms with Crippen molar-refractivity contribution in [3.63, 3.8) is 0 Å². The van der Waals surface area contributed by atoms with E-state index in [0.717, 1.165) is 24.7 Å². The first-order valence-corrected chi connectivity index (χ1v) is 15.1. The molecule has 9 heteroatoms. The summed E-state index contributed by atoms with van der Waals surface area (Å²) >= 11 is 0. The predicted octanol–water partition coefficient (Wildman–Crippen LogP) is 9.65. The molecule has 2 aliphatic carbocycles. The van der Waals surface area contributed by atoms with Gasteiger partial charge in [0.2, 0.25) is 11.6 Å². The Labute approximate surface area is 248 Å². The minimum Gasteiger partial charge on any atom is -0.498 e. The number of alkyl halides is 2. The molecular formula is C34H36F6O3. The SMILES string of the molecule is CC#COc1cc2c(c(F)c1F)-c1c(cc(OC(F)(F)C3CCC(C4=CCC(CCCCC)CO4)CC3)c(F)c1F)CC2. The molecule has 3 aliphatic rings. The van der Waals surface area contributed by atoms with E-state index in [4.69, 9.17) is 14.2 Å². The van der Waals surface area contributed by atoms with Gasteiger partial charge in [-0.3, -0.25) is 0 Å². The molecule has 232 valence electrons. The Balaban J connectivity index is 1.28. The normalized spacial score (nSPS) is 21.5. The van der Waals surface area contributed by atoms with Crippen molar-refractivity contribution in [3.05, 3.63) is 58.4 Å². The summed E-state index contributed by atoms with van der Waals surface area (Å²) in [5, 5.41) is 0. The molecule has 1 saturated carbocycles. The van der Waals surface area contributed by atoms with E-state index < -0.39 is 57.9 Å². The lowest BCUT2D eigenvalue weighted by Crippen LogP contribution is -2.38. The van der Waals surface area contributed by atoms with Crippen LogP contribution in [0.25, 0.3) is 11.1 Å². The zero-order chi connectivity index (χ0) is 30.7. The van der Waals surface area contributed by atoms with Crippen LogP contribution >= 0.6 is 0 Å². The maximum absolute atomic E-state index is 15.4. The van der Waals surface area contributed by atoms with E-state index in [-0.39, 0.29) is 42.7 Å². The van der Waals surface area contributed by atoms with Gasteiger partial charge >= 0.3 is 6.11 Å². The highest BCUT2D eigenvalue weighted by Crippen LogP contribution is 2.47. The smallest absolute Gasteiger partial charge is 0.400 e. The number of rotatable bonds is 9. The summed E-state index contributed by atoms with van der Waals surface area (Å²) in [6.45, 7) is 4.27. The van der Waals surface area contributed by atoms with E-state index in [9.17, 15) is 4.39 Å². The van der Waals surface area contributed by atoms with Gasteiger partial charge in [0.1, 0.15) is 6.11 Å². The number of unbranched alkanes of at least 4 members (excludes halogenated alkanes) is 2. The first-order chi connectivity index (χ1) is 20.6. The first-order valence-electron chi connectivity index (χ1n) is 15.1. The number of fused-ring (bicyclic) bond motifs is 3. The van der Waals surface area contributed by atoms with Gasteiger partial charge in [-0.05, 0) is 86.6 Å². The lowest BCUT2D eigenvalue weighted by molar-refractivity contribution is -0.224. The monoisotopic (exact) mass is 606 g/mol. The summed E-state index contributed by atoms with van der Waals surface area (Å²) in [7, 11) is 0. The molecule has 2 aromatic carbocycles. The highest BCUT2D eigenvalue weighted by atomic mass is 19.3. The molecule has 1 atom stereocenters. The number of allylic oxidation sites excluding steroid dienone is 2. The highest BCUT2D eigenvalue weighted by molar-refractivity contribution is 5.76. The van der Waals surface area contributed by atoms with Crippen LogP contribution in [0, 0.1) is 53.0 Å². The van der Waals surface area contributed by atoms with Crippen LogP contribution in [0.3, 0.4) is 0 Å². The van der Waals surface area contributed by atoms with Crippen molar-refractivity contribution in [2.24, 2.45) is 17.8 Å². The third-order valence-corrected chi connectivity index (χ3v) is 8.89. The molecule has 0 spiro atoms. The fourth-order valence-electron chi connectivity index (χ4n) is 6.50. The second-order valence-corrected chi connectivity index (χ2v) is 11.8. The van der Waals surface area contributed by atoms with Gasteiger partial charge in [-0.2, -0.15) is 17.6 Å². The number of ether oxygens (including phenoxy) is 3.